The number of aryl methyl sites for hydroxylation is 2. The fourth-order valence-corrected chi connectivity index (χ4v) is 2.28. The number of hydrogen-bond acceptors (Lipinski definition) is 5. The Morgan fingerprint density at radius 1 is 1.30 bits per heavy atom. The maximum absolute atomic E-state index is 12.4. The second kappa shape index (κ2) is 5.59. The number of nitrogens with two attached hydrogens (primary N) is 1. The molecule has 0 radical (unpaired) electrons. The Labute approximate surface area is 115 Å². The number of rotatable bonds is 5. The summed E-state index contributed by atoms with van der Waals surface area (Å²) in [5, 5.41) is 0. The van der Waals surface area contributed by atoms with Crippen molar-refractivity contribution in [3.05, 3.63) is 26.7 Å². The Kier molecular flexibility index (Phi) is 4.05. The third kappa shape index (κ3) is 2.06. The van der Waals surface area contributed by atoms with Gasteiger partial charge in [-0.2, -0.15) is 0 Å². The van der Waals surface area contributed by atoms with E-state index in [0.717, 1.165) is 4.57 Å². The van der Waals surface area contributed by atoms with Crippen molar-refractivity contribution in [3.8, 4) is 0 Å². The van der Waals surface area contributed by atoms with E-state index in [9.17, 15) is 9.59 Å². The fourth-order valence-electron chi connectivity index (χ4n) is 2.28. The number of hydrogen-bond donors (Lipinski definition) is 1. The molecule has 2 aromatic heterocycles. The van der Waals surface area contributed by atoms with Crippen LogP contribution in [-0.2, 0) is 31.5 Å². The smallest absolute Gasteiger partial charge is 0.332 e. The van der Waals surface area contributed by atoms with E-state index in [1.165, 1.54) is 4.57 Å². The molecule has 0 aliphatic rings. The van der Waals surface area contributed by atoms with Crippen molar-refractivity contribution in [1.82, 2.24) is 18.7 Å². The van der Waals surface area contributed by atoms with Gasteiger partial charge in [-0.1, -0.05) is 0 Å². The molecule has 0 saturated heterocycles. The van der Waals surface area contributed by atoms with E-state index in [0.29, 0.717) is 23.5 Å². The van der Waals surface area contributed by atoms with Crippen LogP contribution in [0.15, 0.2) is 9.59 Å². The molecule has 0 atom stereocenters. The van der Waals surface area contributed by atoms with Gasteiger partial charge in [0.15, 0.2) is 11.2 Å². The quantitative estimate of drug-likeness (QED) is 0.760. The minimum absolute atomic E-state index is 0.193. The van der Waals surface area contributed by atoms with Crippen LogP contribution in [0.1, 0.15) is 12.7 Å². The van der Waals surface area contributed by atoms with Gasteiger partial charge in [0, 0.05) is 33.8 Å². The van der Waals surface area contributed by atoms with E-state index in [1.54, 1.807) is 18.7 Å². The summed E-state index contributed by atoms with van der Waals surface area (Å²) in [5.74, 6) is 0.603. The van der Waals surface area contributed by atoms with Crippen LogP contribution in [0, 0.1) is 0 Å². The molecule has 0 aliphatic heterocycles. The summed E-state index contributed by atoms with van der Waals surface area (Å²) < 4.78 is 9.36. The van der Waals surface area contributed by atoms with Crippen LogP contribution >= 0.6 is 0 Å². The van der Waals surface area contributed by atoms with Crippen LogP contribution in [0.25, 0.3) is 11.2 Å². The van der Waals surface area contributed by atoms with Crippen molar-refractivity contribution in [2.45, 2.75) is 26.6 Å². The molecule has 0 aromatic carbocycles. The lowest BCUT2D eigenvalue weighted by Crippen LogP contribution is -2.41. The minimum atomic E-state index is -0.377. The average Bonchev–Trinajstić information content (AvgIpc) is 2.73. The molecule has 0 spiro atoms. The molecule has 20 heavy (non-hydrogen) atoms. The van der Waals surface area contributed by atoms with Gasteiger partial charge in [-0.15, -0.1) is 0 Å². The average molecular weight is 281 g/mol. The van der Waals surface area contributed by atoms with Gasteiger partial charge >= 0.3 is 5.69 Å². The van der Waals surface area contributed by atoms with Crippen molar-refractivity contribution in [2.24, 2.45) is 12.8 Å². The van der Waals surface area contributed by atoms with Crippen LogP contribution in [0.5, 0.6) is 0 Å². The summed E-state index contributed by atoms with van der Waals surface area (Å²) in [7, 11) is 3.29. The minimum Gasteiger partial charge on any atom is -0.377 e. The Morgan fingerprint density at radius 2 is 2.00 bits per heavy atom. The van der Waals surface area contributed by atoms with Crippen LogP contribution < -0.4 is 17.0 Å². The Balaban J connectivity index is 2.90. The standard InChI is InChI=1S/C12H19N5O3/c1-4-16-10-9(15(2)8(14-10)7-20-3)11(18)17(6-5-13)12(16)19/h4-7,13H2,1-3H3. The largest absolute Gasteiger partial charge is 0.377 e. The molecule has 2 heterocycles. The summed E-state index contributed by atoms with van der Waals surface area (Å²) in [6.07, 6.45) is 0. The highest BCUT2D eigenvalue weighted by Crippen LogP contribution is 2.10. The molecule has 8 heteroatoms. The zero-order chi connectivity index (χ0) is 14.9. The van der Waals surface area contributed by atoms with Crippen molar-refractivity contribution in [1.29, 1.82) is 0 Å². The number of imidazole rings is 1. The zero-order valence-electron chi connectivity index (χ0n) is 11.9. The van der Waals surface area contributed by atoms with E-state index in [4.69, 9.17) is 10.5 Å². The monoisotopic (exact) mass is 281 g/mol. The second-order valence-electron chi connectivity index (χ2n) is 4.46. The second-order valence-corrected chi connectivity index (χ2v) is 4.46. The first-order chi connectivity index (χ1) is 9.56. The van der Waals surface area contributed by atoms with Gasteiger partial charge in [0.05, 0.1) is 0 Å². The van der Waals surface area contributed by atoms with E-state index in [1.807, 2.05) is 6.92 Å². The highest BCUT2D eigenvalue weighted by atomic mass is 16.5. The predicted octanol–water partition coefficient (Wildman–Crippen LogP) is -0.978. The molecule has 2 rings (SSSR count). The molecule has 8 nitrogen and oxygen atoms in total. The van der Waals surface area contributed by atoms with Gasteiger partial charge in [0.2, 0.25) is 0 Å². The Bertz CT molecular complexity index is 740. The van der Waals surface area contributed by atoms with Crippen LogP contribution in [0.3, 0.4) is 0 Å². The highest BCUT2D eigenvalue weighted by Gasteiger charge is 2.18. The third-order valence-corrected chi connectivity index (χ3v) is 3.28. The molecule has 0 fully saturated rings. The number of ether oxygens (including phenoxy) is 1. The molecular weight excluding hydrogens is 262 g/mol. The maximum Gasteiger partial charge on any atom is 0.332 e. The Hall–Kier alpha value is -1.93. The lowest BCUT2D eigenvalue weighted by atomic mass is 10.4. The van der Waals surface area contributed by atoms with Gasteiger partial charge in [0.1, 0.15) is 12.4 Å². The zero-order valence-corrected chi connectivity index (χ0v) is 11.9. The molecular formula is C12H19N5O3. The van der Waals surface area contributed by atoms with E-state index < -0.39 is 0 Å². The lowest BCUT2D eigenvalue weighted by Gasteiger charge is -2.09. The molecule has 0 saturated carbocycles. The van der Waals surface area contributed by atoms with E-state index in [2.05, 4.69) is 4.98 Å². The molecule has 110 valence electrons. The predicted molar refractivity (Wildman–Crippen MR) is 74.7 cm³/mol. The molecule has 0 amide bonds. The van der Waals surface area contributed by atoms with E-state index >= 15 is 0 Å². The molecule has 0 aliphatic carbocycles. The van der Waals surface area contributed by atoms with Crippen LogP contribution in [0.4, 0.5) is 0 Å². The molecule has 2 N–H and O–H groups in total. The topological polar surface area (TPSA) is 97.1 Å². The van der Waals surface area contributed by atoms with Crippen molar-refractivity contribution in [2.75, 3.05) is 13.7 Å². The molecule has 0 unspecified atom stereocenters. The number of aromatic nitrogens is 4. The van der Waals surface area contributed by atoms with Crippen LogP contribution in [-0.4, -0.2) is 32.3 Å². The van der Waals surface area contributed by atoms with Crippen molar-refractivity contribution >= 4 is 11.2 Å². The number of methoxy groups -OCH3 is 1. The lowest BCUT2D eigenvalue weighted by molar-refractivity contribution is 0.175. The van der Waals surface area contributed by atoms with Crippen molar-refractivity contribution in [3.63, 3.8) is 0 Å². The van der Waals surface area contributed by atoms with Crippen molar-refractivity contribution < 1.29 is 4.74 Å². The first-order valence-electron chi connectivity index (χ1n) is 6.44. The Morgan fingerprint density at radius 3 is 2.55 bits per heavy atom. The fraction of sp³-hybridized carbons (Fsp3) is 0.583. The number of fused-ring (bicyclic) bond motifs is 1. The van der Waals surface area contributed by atoms with Gasteiger partial charge in [-0.3, -0.25) is 13.9 Å². The summed E-state index contributed by atoms with van der Waals surface area (Å²) in [6, 6.07) is 0. The van der Waals surface area contributed by atoms with Gasteiger partial charge in [0.25, 0.3) is 5.56 Å². The summed E-state index contributed by atoms with van der Waals surface area (Å²) in [6.45, 7) is 2.97. The third-order valence-electron chi connectivity index (χ3n) is 3.28. The maximum atomic E-state index is 12.4. The van der Waals surface area contributed by atoms with Gasteiger partial charge in [-0.25, -0.2) is 9.78 Å². The molecule has 0 bridgehead atoms. The summed E-state index contributed by atoms with van der Waals surface area (Å²) >= 11 is 0. The van der Waals surface area contributed by atoms with Gasteiger partial charge in [-0.05, 0) is 6.92 Å². The molecule has 2 aromatic rings. The summed E-state index contributed by atoms with van der Waals surface area (Å²) in [4.78, 5) is 29.1. The van der Waals surface area contributed by atoms with Crippen LogP contribution in [0.2, 0.25) is 0 Å². The first kappa shape index (κ1) is 14.5. The van der Waals surface area contributed by atoms with E-state index in [-0.39, 0.29) is 30.9 Å². The highest BCUT2D eigenvalue weighted by molar-refractivity contribution is 5.71. The summed E-state index contributed by atoms with van der Waals surface area (Å²) in [5.41, 5.74) is 5.52. The number of nitrogens with zero attached hydrogens (tertiary/aromatic N) is 4. The van der Waals surface area contributed by atoms with Gasteiger partial charge < -0.3 is 15.0 Å². The normalized spacial score (nSPS) is 11.4. The SMILES string of the molecule is CCn1c(=O)n(CCN)c(=O)c2c1nc(COC)n2C. The first-order valence-corrected chi connectivity index (χ1v) is 6.44.